The number of phenols is 2. The van der Waals surface area contributed by atoms with Crippen molar-refractivity contribution in [3.8, 4) is 11.5 Å². The van der Waals surface area contributed by atoms with Gasteiger partial charge < -0.3 is 15.9 Å². The van der Waals surface area contributed by atoms with Crippen molar-refractivity contribution in [3.05, 3.63) is 53.6 Å². The predicted octanol–water partition coefficient (Wildman–Crippen LogP) is 4.96. The van der Waals surface area contributed by atoms with Gasteiger partial charge in [0.05, 0.1) is 0 Å². The van der Waals surface area contributed by atoms with Crippen LogP contribution in [0.25, 0.3) is 0 Å². The van der Waals surface area contributed by atoms with E-state index in [4.69, 9.17) is 10.8 Å². The number of nitrogen functional groups attached to an aromatic ring is 1. The van der Waals surface area contributed by atoms with E-state index in [9.17, 15) is 5.11 Å². The minimum atomic E-state index is -0.0978. The number of rotatable bonds is 0. The summed E-state index contributed by atoms with van der Waals surface area (Å²) in [6.07, 6.45) is 0. The van der Waals surface area contributed by atoms with Crippen LogP contribution in [0.5, 0.6) is 11.5 Å². The van der Waals surface area contributed by atoms with Crippen LogP contribution in [0.15, 0.2) is 42.5 Å². The number of hydrogen-bond donors (Lipinski definition) is 3. The Labute approximate surface area is 139 Å². The van der Waals surface area contributed by atoms with E-state index >= 15 is 0 Å². The van der Waals surface area contributed by atoms with Crippen molar-refractivity contribution >= 4 is 5.69 Å². The summed E-state index contributed by atoms with van der Waals surface area (Å²) in [4.78, 5) is 0. The maximum atomic E-state index is 10.3. The molecule has 0 unspecified atom stereocenters. The molecule has 23 heavy (non-hydrogen) atoms. The number of anilines is 1. The third-order valence-corrected chi connectivity index (χ3v) is 3.50. The van der Waals surface area contributed by atoms with Crippen molar-refractivity contribution in [2.24, 2.45) is 0 Å². The molecule has 3 heteroatoms. The first-order valence-electron chi connectivity index (χ1n) is 7.80. The molecular formula is C20H29NO2. The fourth-order valence-corrected chi connectivity index (χ4v) is 2.23. The minimum absolute atomic E-state index is 0.0978. The van der Waals surface area contributed by atoms with E-state index in [1.165, 1.54) is 0 Å². The zero-order chi connectivity index (χ0) is 17.8. The molecule has 4 N–H and O–H groups in total. The standard InChI is InChI=1S/C14H23NO.C6H6O/c1-13(2,3)10-7-9(15)8-11(12(10)16)14(4,5)6;7-6-4-2-1-3-5-6/h7-8,16H,15H2,1-6H3;1-5,7H. The molecule has 126 valence electrons. The first-order chi connectivity index (χ1) is 10.4. The maximum absolute atomic E-state index is 10.3. The van der Waals surface area contributed by atoms with Gasteiger partial charge >= 0.3 is 0 Å². The van der Waals surface area contributed by atoms with Gasteiger partial charge in [-0.15, -0.1) is 0 Å². The molecule has 0 aliphatic rings. The van der Waals surface area contributed by atoms with Gasteiger partial charge in [-0.1, -0.05) is 59.7 Å². The van der Waals surface area contributed by atoms with E-state index < -0.39 is 0 Å². The van der Waals surface area contributed by atoms with Crippen molar-refractivity contribution < 1.29 is 10.2 Å². The lowest BCUT2D eigenvalue weighted by atomic mass is 9.79. The quantitative estimate of drug-likeness (QED) is 0.475. The monoisotopic (exact) mass is 315 g/mol. The second-order valence-corrected chi connectivity index (χ2v) is 7.80. The fraction of sp³-hybridized carbons (Fsp3) is 0.400. The van der Waals surface area contributed by atoms with Crippen LogP contribution in [0.4, 0.5) is 5.69 Å². The SMILES string of the molecule is CC(C)(C)c1cc(N)cc(C(C)(C)C)c1O.Oc1ccccc1. The first kappa shape index (κ1) is 18.9. The van der Waals surface area contributed by atoms with E-state index in [0.717, 1.165) is 11.1 Å². The molecule has 3 nitrogen and oxygen atoms in total. The molecule has 0 spiro atoms. The van der Waals surface area contributed by atoms with E-state index in [1.807, 2.05) is 18.2 Å². The van der Waals surface area contributed by atoms with Gasteiger partial charge in [0, 0.05) is 16.8 Å². The summed E-state index contributed by atoms with van der Waals surface area (Å²) in [5, 5.41) is 19.0. The second-order valence-electron chi connectivity index (χ2n) is 7.80. The molecule has 2 aromatic carbocycles. The number of para-hydroxylation sites is 1. The molecule has 0 heterocycles. The Morgan fingerprint density at radius 1 is 0.739 bits per heavy atom. The largest absolute Gasteiger partial charge is 0.508 e. The molecule has 0 aliphatic heterocycles. The molecule has 0 saturated heterocycles. The number of phenolic OH excluding ortho intramolecular Hbond substituents is 2. The number of hydrogen-bond acceptors (Lipinski definition) is 3. The van der Waals surface area contributed by atoms with Gasteiger partial charge in [-0.2, -0.15) is 0 Å². The number of aromatic hydroxyl groups is 2. The Balaban J connectivity index is 0.000000313. The third kappa shape index (κ3) is 5.51. The zero-order valence-corrected chi connectivity index (χ0v) is 15.0. The topological polar surface area (TPSA) is 66.5 Å². The van der Waals surface area contributed by atoms with E-state index in [1.54, 1.807) is 24.3 Å². The van der Waals surface area contributed by atoms with E-state index in [2.05, 4.69) is 41.5 Å². The molecule has 0 atom stereocenters. The number of benzene rings is 2. The highest BCUT2D eigenvalue weighted by Crippen LogP contribution is 2.40. The van der Waals surface area contributed by atoms with Crippen molar-refractivity contribution in [1.29, 1.82) is 0 Å². The Hall–Kier alpha value is -2.16. The lowest BCUT2D eigenvalue weighted by Crippen LogP contribution is -2.17. The van der Waals surface area contributed by atoms with Crippen LogP contribution < -0.4 is 5.73 Å². The lowest BCUT2D eigenvalue weighted by Gasteiger charge is -2.27. The maximum Gasteiger partial charge on any atom is 0.123 e. The molecular weight excluding hydrogens is 286 g/mol. The van der Waals surface area contributed by atoms with E-state index in [-0.39, 0.29) is 10.8 Å². The summed E-state index contributed by atoms with van der Waals surface area (Å²) in [5.74, 6) is 0.705. The molecule has 0 bridgehead atoms. The minimum Gasteiger partial charge on any atom is -0.508 e. The van der Waals surface area contributed by atoms with E-state index in [0.29, 0.717) is 17.2 Å². The highest BCUT2D eigenvalue weighted by Gasteiger charge is 2.25. The van der Waals surface area contributed by atoms with Gasteiger partial charge in [0.2, 0.25) is 0 Å². The average Bonchev–Trinajstić information content (AvgIpc) is 2.40. The summed E-state index contributed by atoms with van der Waals surface area (Å²) in [6.45, 7) is 12.5. The summed E-state index contributed by atoms with van der Waals surface area (Å²) < 4.78 is 0. The average molecular weight is 315 g/mol. The first-order valence-corrected chi connectivity index (χ1v) is 7.80. The van der Waals surface area contributed by atoms with Gasteiger partial charge in [-0.05, 0) is 35.1 Å². The van der Waals surface area contributed by atoms with Crippen LogP contribution in [0, 0.1) is 0 Å². The Kier molecular flexibility index (Phi) is 5.70. The van der Waals surface area contributed by atoms with Crippen molar-refractivity contribution in [1.82, 2.24) is 0 Å². The number of nitrogens with two attached hydrogens (primary N) is 1. The van der Waals surface area contributed by atoms with Gasteiger partial charge in [0.1, 0.15) is 11.5 Å². The van der Waals surface area contributed by atoms with Crippen molar-refractivity contribution in [2.45, 2.75) is 52.4 Å². The smallest absolute Gasteiger partial charge is 0.123 e. The van der Waals surface area contributed by atoms with Crippen LogP contribution in [0.1, 0.15) is 52.7 Å². The predicted molar refractivity (Wildman–Crippen MR) is 98.0 cm³/mol. The molecule has 2 aromatic rings. The molecule has 0 radical (unpaired) electrons. The highest BCUT2D eigenvalue weighted by atomic mass is 16.3. The normalized spacial score (nSPS) is 11.6. The van der Waals surface area contributed by atoms with Crippen molar-refractivity contribution in [3.63, 3.8) is 0 Å². The third-order valence-electron chi connectivity index (χ3n) is 3.50. The Morgan fingerprint density at radius 3 is 1.39 bits per heavy atom. The summed E-state index contributed by atoms with van der Waals surface area (Å²) in [6, 6.07) is 12.4. The van der Waals surface area contributed by atoms with Crippen LogP contribution in [-0.4, -0.2) is 10.2 Å². The summed E-state index contributed by atoms with van der Waals surface area (Å²) >= 11 is 0. The lowest BCUT2D eigenvalue weighted by molar-refractivity contribution is 0.423. The molecule has 0 aromatic heterocycles. The highest BCUT2D eigenvalue weighted by molar-refractivity contribution is 5.56. The zero-order valence-electron chi connectivity index (χ0n) is 15.0. The van der Waals surface area contributed by atoms with Crippen LogP contribution in [0.3, 0.4) is 0 Å². The Morgan fingerprint density at radius 2 is 1.13 bits per heavy atom. The van der Waals surface area contributed by atoms with Crippen LogP contribution in [-0.2, 0) is 10.8 Å². The molecule has 0 fully saturated rings. The van der Waals surface area contributed by atoms with Crippen LogP contribution >= 0.6 is 0 Å². The molecule has 0 saturated carbocycles. The fourth-order valence-electron chi connectivity index (χ4n) is 2.23. The summed E-state index contributed by atoms with van der Waals surface area (Å²) in [5.41, 5.74) is 8.26. The molecule has 0 aliphatic carbocycles. The van der Waals surface area contributed by atoms with Crippen molar-refractivity contribution in [2.75, 3.05) is 5.73 Å². The van der Waals surface area contributed by atoms with Gasteiger partial charge in [0.25, 0.3) is 0 Å². The Bertz CT molecular complexity index is 600. The van der Waals surface area contributed by atoms with Gasteiger partial charge in [-0.25, -0.2) is 0 Å². The molecule has 0 amide bonds. The van der Waals surface area contributed by atoms with Gasteiger partial charge in [0.15, 0.2) is 0 Å². The molecule has 2 rings (SSSR count). The summed E-state index contributed by atoms with van der Waals surface area (Å²) in [7, 11) is 0. The van der Waals surface area contributed by atoms with Gasteiger partial charge in [-0.3, -0.25) is 0 Å². The second kappa shape index (κ2) is 6.95. The van der Waals surface area contributed by atoms with Crippen LogP contribution in [0.2, 0.25) is 0 Å².